The molecule has 2 amide bonds. The maximum absolute atomic E-state index is 13.6. The van der Waals surface area contributed by atoms with E-state index in [1.807, 2.05) is 32.4 Å². The van der Waals surface area contributed by atoms with Gasteiger partial charge in [-0.2, -0.15) is 5.10 Å². The summed E-state index contributed by atoms with van der Waals surface area (Å²) in [6.45, 7) is 12.2. The van der Waals surface area contributed by atoms with Crippen LogP contribution in [0.2, 0.25) is 0 Å². The van der Waals surface area contributed by atoms with Crippen molar-refractivity contribution in [3.63, 3.8) is 0 Å². The minimum atomic E-state index is -3.52. The van der Waals surface area contributed by atoms with Crippen LogP contribution in [0.3, 0.4) is 0 Å². The molecular weight excluding hydrogens is 627 g/mol. The lowest BCUT2D eigenvalue weighted by Crippen LogP contribution is -2.74. The van der Waals surface area contributed by atoms with E-state index in [1.54, 1.807) is 29.2 Å². The molecule has 0 saturated carbocycles. The van der Waals surface area contributed by atoms with Gasteiger partial charge in [-0.1, -0.05) is 27.2 Å². The summed E-state index contributed by atoms with van der Waals surface area (Å²) in [5.74, 6) is -0.503. The van der Waals surface area contributed by atoms with Crippen molar-refractivity contribution in [2.24, 2.45) is 5.92 Å². The lowest BCUT2D eigenvalue weighted by molar-refractivity contribution is -0.165. The van der Waals surface area contributed by atoms with Gasteiger partial charge in [-0.25, -0.2) is 17.4 Å². The fourth-order valence-electron chi connectivity index (χ4n) is 6.02. The Balaban J connectivity index is 0.00000337. The number of piperazine rings is 1. The highest BCUT2D eigenvalue weighted by Crippen LogP contribution is 2.35. The summed E-state index contributed by atoms with van der Waals surface area (Å²) in [6, 6.07) is 5.80. The summed E-state index contributed by atoms with van der Waals surface area (Å²) in [4.78, 5) is 31.5. The van der Waals surface area contributed by atoms with Crippen LogP contribution in [0.5, 0.6) is 0 Å². The van der Waals surface area contributed by atoms with E-state index in [-0.39, 0.29) is 47.4 Å². The third-order valence-corrected chi connectivity index (χ3v) is 10.7. The van der Waals surface area contributed by atoms with Gasteiger partial charge in [-0.05, 0) is 63.3 Å². The second-order valence-corrected chi connectivity index (χ2v) is 14.3. The molecule has 1 aromatic heterocycles. The van der Waals surface area contributed by atoms with Crippen molar-refractivity contribution in [1.82, 2.24) is 29.2 Å². The van der Waals surface area contributed by atoms with Crippen LogP contribution in [0.4, 0.5) is 0 Å². The number of likely N-dealkylation sites (tertiary alicyclic amines) is 1. The van der Waals surface area contributed by atoms with Crippen LogP contribution in [0.1, 0.15) is 63.4 Å². The van der Waals surface area contributed by atoms with Gasteiger partial charge in [0.05, 0.1) is 22.4 Å². The number of sulfonamides is 1. The van der Waals surface area contributed by atoms with Crippen molar-refractivity contribution in [2.75, 3.05) is 33.7 Å². The number of nitrogens with zero attached hydrogens (tertiary/aromatic N) is 5. The maximum Gasteiger partial charge on any atom is 0.248 e. The molecule has 1 spiro atoms. The van der Waals surface area contributed by atoms with Gasteiger partial charge in [-0.3, -0.25) is 14.5 Å². The third kappa shape index (κ3) is 7.10. The number of benzene rings is 1. The molecule has 2 aromatic rings. The van der Waals surface area contributed by atoms with Crippen LogP contribution >= 0.6 is 24.8 Å². The quantitative estimate of drug-likeness (QED) is 0.397. The third-order valence-electron chi connectivity index (χ3n) is 8.88. The number of piperidine rings is 1. The Kier molecular flexibility index (Phi) is 12.9. The van der Waals surface area contributed by atoms with Gasteiger partial charge < -0.3 is 15.3 Å². The highest BCUT2D eigenvalue weighted by atomic mass is 35.5. The molecular formula is C30H48Cl2N6O5S. The van der Waals surface area contributed by atoms with Crippen molar-refractivity contribution in [3.05, 3.63) is 41.2 Å². The van der Waals surface area contributed by atoms with Gasteiger partial charge in [0.1, 0.15) is 11.6 Å². The van der Waals surface area contributed by atoms with E-state index in [2.05, 4.69) is 17.1 Å². The Bertz CT molecular complexity index is 1410. The number of amides is 2. The zero-order valence-electron chi connectivity index (χ0n) is 26.7. The lowest BCUT2D eigenvalue weighted by atomic mass is 9.80. The lowest BCUT2D eigenvalue weighted by Gasteiger charge is -2.52. The standard InChI is InChI=1S/C30H46N6O5S.2ClH/c1-8-9-16-35-28(38)26(27(37)20(2)3)31-29(39)30(35)14-17-34(18-15-30)19-25-21(4)32-36(22(25)5)23-10-12-24(13-11-23)42(40,41)33(6)7;;/h10-13,20,26-27,37H,8-9,14-19H2,1-7H3,(H,31,39);2*1H/t26-,27-;;/m1../s1. The van der Waals surface area contributed by atoms with E-state index in [1.165, 1.54) is 18.4 Å². The molecule has 1 aromatic carbocycles. The van der Waals surface area contributed by atoms with Gasteiger partial charge >= 0.3 is 0 Å². The summed E-state index contributed by atoms with van der Waals surface area (Å²) < 4.78 is 27.9. The highest BCUT2D eigenvalue weighted by Gasteiger charge is 2.54. The fourth-order valence-corrected chi connectivity index (χ4v) is 6.92. The topological polar surface area (TPSA) is 128 Å². The molecule has 0 bridgehead atoms. The molecule has 3 heterocycles. The van der Waals surface area contributed by atoms with Crippen LogP contribution in [0.25, 0.3) is 5.69 Å². The van der Waals surface area contributed by atoms with Crippen molar-refractivity contribution < 1.29 is 23.1 Å². The summed E-state index contributed by atoms with van der Waals surface area (Å²) >= 11 is 0. The zero-order chi connectivity index (χ0) is 31.0. The molecule has 2 saturated heterocycles. The molecule has 2 fully saturated rings. The number of carbonyl (C=O) groups is 2. The molecule has 248 valence electrons. The van der Waals surface area contributed by atoms with Crippen molar-refractivity contribution >= 4 is 46.7 Å². The van der Waals surface area contributed by atoms with E-state index in [9.17, 15) is 23.1 Å². The van der Waals surface area contributed by atoms with Crippen LogP contribution in [-0.2, 0) is 26.2 Å². The first kappa shape index (κ1) is 38.0. The summed E-state index contributed by atoms with van der Waals surface area (Å²) in [5.41, 5.74) is 2.82. The first-order valence-electron chi connectivity index (χ1n) is 14.9. The highest BCUT2D eigenvalue weighted by molar-refractivity contribution is 7.89. The Morgan fingerprint density at radius 2 is 1.68 bits per heavy atom. The first-order chi connectivity index (χ1) is 19.7. The molecule has 11 nitrogen and oxygen atoms in total. The van der Waals surface area contributed by atoms with Gasteiger partial charge in [0.15, 0.2) is 0 Å². The molecule has 2 N–H and O–H groups in total. The van der Waals surface area contributed by atoms with Crippen LogP contribution in [0.15, 0.2) is 29.2 Å². The Morgan fingerprint density at radius 3 is 2.20 bits per heavy atom. The SMILES string of the molecule is CCCCN1C(=O)[C@@H]([C@H](O)C(C)C)NC(=O)C12CCN(Cc1c(C)nn(-c3ccc(S(=O)(=O)N(C)C)cc3)c1C)CC2.Cl.Cl. The first-order valence-corrected chi connectivity index (χ1v) is 16.3. The van der Waals surface area contributed by atoms with Crippen molar-refractivity contribution in [3.8, 4) is 5.69 Å². The Morgan fingerprint density at radius 1 is 1.09 bits per heavy atom. The molecule has 2 atom stereocenters. The number of aliphatic hydroxyl groups excluding tert-OH is 1. The minimum absolute atomic E-state index is 0. The van der Waals surface area contributed by atoms with E-state index >= 15 is 0 Å². The van der Waals surface area contributed by atoms with Gasteiger partial charge in [0.2, 0.25) is 21.8 Å². The van der Waals surface area contributed by atoms with Gasteiger partial charge in [0, 0.05) is 51.5 Å². The van der Waals surface area contributed by atoms with Gasteiger partial charge in [-0.15, -0.1) is 24.8 Å². The molecule has 0 unspecified atom stereocenters. The second-order valence-electron chi connectivity index (χ2n) is 12.2. The zero-order valence-corrected chi connectivity index (χ0v) is 29.2. The van der Waals surface area contributed by atoms with Crippen molar-refractivity contribution in [2.45, 2.75) is 89.4 Å². The normalized spacial score (nSPS) is 19.6. The van der Waals surface area contributed by atoms with Crippen LogP contribution in [0, 0.1) is 19.8 Å². The van der Waals surface area contributed by atoms with Crippen molar-refractivity contribution in [1.29, 1.82) is 0 Å². The molecule has 2 aliphatic heterocycles. The fraction of sp³-hybridized carbons (Fsp3) is 0.633. The monoisotopic (exact) mass is 674 g/mol. The molecule has 0 aliphatic carbocycles. The number of aromatic nitrogens is 2. The number of aryl methyl sites for hydroxylation is 1. The van der Waals surface area contributed by atoms with Gasteiger partial charge in [0.25, 0.3) is 0 Å². The number of hydrogen-bond acceptors (Lipinski definition) is 7. The molecule has 44 heavy (non-hydrogen) atoms. The van der Waals surface area contributed by atoms with E-state index in [0.717, 1.165) is 35.5 Å². The average molecular weight is 676 g/mol. The predicted octanol–water partition coefficient (Wildman–Crippen LogP) is 3.06. The summed E-state index contributed by atoms with van der Waals surface area (Å²) in [6.07, 6.45) is 1.81. The predicted molar refractivity (Wildman–Crippen MR) is 175 cm³/mol. The number of halogens is 2. The number of carbonyl (C=O) groups excluding carboxylic acids is 2. The summed E-state index contributed by atoms with van der Waals surface area (Å²) in [5, 5.41) is 18.3. The number of nitrogens with one attached hydrogen (secondary N) is 1. The Hall–Kier alpha value is -2.22. The molecule has 0 radical (unpaired) electrons. The number of aliphatic hydroxyl groups is 1. The summed E-state index contributed by atoms with van der Waals surface area (Å²) in [7, 11) is -0.500. The van der Waals surface area contributed by atoms with E-state index in [4.69, 9.17) is 5.10 Å². The number of rotatable bonds is 10. The number of unbranched alkanes of at least 4 members (excludes halogenated alkanes) is 1. The van der Waals surface area contributed by atoms with E-state index < -0.39 is 27.7 Å². The molecule has 14 heteroatoms. The maximum atomic E-state index is 13.6. The number of hydrogen-bond donors (Lipinski definition) is 2. The second kappa shape index (κ2) is 14.9. The van der Waals surface area contributed by atoms with Crippen LogP contribution in [-0.4, -0.2) is 101 Å². The van der Waals surface area contributed by atoms with E-state index in [0.29, 0.717) is 39.0 Å². The largest absolute Gasteiger partial charge is 0.390 e. The average Bonchev–Trinajstić information content (AvgIpc) is 3.23. The van der Waals surface area contributed by atoms with Crippen LogP contribution < -0.4 is 5.32 Å². The smallest absolute Gasteiger partial charge is 0.248 e. The Labute approximate surface area is 274 Å². The minimum Gasteiger partial charge on any atom is -0.390 e. The molecule has 4 rings (SSSR count). The molecule has 2 aliphatic rings.